The first-order chi connectivity index (χ1) is 11.7. The second-order valence-electron chi connectivity index (χ2n) is 8.10. The summed E-state index contributed by atoms with van der Waals surface area (Å²) in [5.74, 6) is 2.21. The lowest BCUT2D eigenvalue weighted by atomic mass is 9.66. The standard InChI is InChI=1S/C17H24N4O2S/c22-9-13-19-20-16(24-13)18-14-10-5-11(14)8-21(7-10)15(23)17-4-2-1-3-12(17)6-17/h10-12,14,22H,1-9H2,(H,18,20). The fourth-order valence-electron chi connectivity index (χ4n) is 5.39. The third-order valence-electron chi connectivity index (χ3n) is 6.79. The molecule has 0 radical (unpaired) electrons. The van der Waals surface area contributed by atoms with Crippen molar-refractivity contribution in [3.63, 3.8) is 0 Å². The Hall–Kier alpha value is -1.21. The molecule has 2 saturated heterocycles. The number of nitrogens with zero attached hydrogens (tertiary/aromatic N) is 3. The quantitative estimate of drug-likeness (QED) is 0.868. The Morgan fingerprint density at radius 3 is 2.88 bits per heavy atom. The van der Waals surface area contributed by atoms with Crippen molar-refractivity contribution < 1.29 is 9.90 Å². The van der Waals surface area contributed by atoms with Gasteiger partial charge in [-0.15, -0.1) is 10.2 Å². The molecule has 0 spiro atoms. The Morgan fingerprint density at radius 2 is 2.17 bits per heavy atom. The number of aliphatic hydroxyl groups excluding tert-OH is 1. The van der Waals surface area contributed by atoms with Gasteiger partial charge in [-0.1, -0.05) is 24.2 Å². The summed E-state index contributed by atoms with van der Waals surface area (Å²) in [6.07, 6.45) is 7.29. The topological polar surface area (TPSA) is 78.4 Å². The fraction of sp³-hybridized carbons (Fsp3) is 0.824. The monoisotopic (exact) mass is 348 g/mol. The molecule has 2 aliphatic heterocycles. The molecule has 5 fully saturated rings. The van der Waals surface area contributed by atoms with Crippen LogP contribution >= 0.6 is 11.3 Å². The zero-order valence-corrected chi connectivity index (χ0v) is 14.6. The van der Waals surface area contributed by atoms with Gasteiger partial charge in [-0.3, -0.25) is 4.79 Å². The van der Waals surface area contributed by atoms with Crippen LogP contribution in [0.5, 0.6) is 0 Å². The van der Waals surface area contributed by atoms with Gasteiger partial charge in [0.25, 0.3) is 0 Å². The van der Waals surface area contributed by atoms with E-state index in [1.54, 1.807) is 0 Å². The lowest BCUT2D eigenvalue weighted by molar-refractivity contribution is -0.145. The third kappa shape index (κ3) is 2.20. The molecule has 2 bridgehead atoms. The minimum absolute atomic E-state index is 0.0419. The zero-order valence-electron chi connectivity index (χ0n) is 13.8. The number of hydrogen-bond donors (Lipinski definition) is 2. The van der Waals surface area contributed by atoms with Crippen LogP contribution in [-0.2, 0) is 11.4 Å². The number of anilines is 1. The van der Waals surface area contributed by atoms with Crippen LogP contribution in [0.2, 0.25) is 0 Å². The van der Waals surface area contributed by atoms with Crippen molar-refractivity contribution in [3.05, 3.63) is 5.01 Å². The molecule has 6 nitrogen and oxygen atoms in total. The van der Waals surface area contributed by atoms with Crippen LogP contribution in [0.4, 0.5) is 5.13 Å². The van der Waals surface area contributed by atoms with Crippen molar-refractivity contribution in [1.29, 1.82) is 0 Å². The number of carbonyl (C=O) groups is 1. The van der Waals surface area contributed by atoms with Crippen molar-refractivity contribution in [2.24, 2.45) is 23.2 Å². The number of carbonyl (C=O) groups excluding carboxylic acids is 1. The summed E-state index contributed by atoms with van der Waals surface area (Å²) in [5, 5.41) is 22.1. The maximum atomic E-state index is 13.0. The first kappa shape index (κ1) is 15.1. The highest BCUT2D eigenvalue weighted by molar-refractivity contribution is 7.15. The van der Waals surface area contributed by atoms with Crippen LogP contribution in [0.1, 0.15) is 43.5 Å². The summed E-state index contributed by atoms with van der Waals surface area (Å²) in [5.41, 5.74) is 0.0419. The molecule has 3 saturated carbocycles. The minimum atomic E-state index is -0.0532. The summed E-state index contributed by atoms with van der Waals surface area (Å²) in [4.78, 5) is 15.2. The van der Waals surface area contributed by atoms with Gasteiger partial charge in [-0.25, -0.2) is 0 Å². The van der Waals surface area contributed by atoms with Crippen molar-refractivity contribution >= 4 is 22.4 Å². The van der Waals surface area contributed by atoms with Gasteiger partial charge in [0.15, 0.2) is 0 Å². The first-order valence-electron chi connectivity index (χ1n) is 9.19. The van der Waals surface area contributed by atoms with E-state index < -0.39 is 0 Å². The van der Waals surface area contributed by atoms with E-state index in [4.69, 9.17) is 5.11 Å². The van der Waals surface area contributed by atoms with Gasteiger partial charge < -0.3 is 15.3 Å². The number of aromatic nitrogens is 2. The Balaban J connectivity index is 1.22. The highest BCUT2D eigenvalue weighted by Gasteiger charge is 2.62. The van der Waals surface area contributed by atoms with Gasteiger partial charge >= 0.3 is 0 Å². The van der Waals surface area contributed by atoms with Crippen molar-refractivity contribution in [2.75, 3.05) is 18.4 Å². The number of amides is 1. The van der Waals surface area contributed by atoms with Gasteiger partial charge in [-0.05, 0) is 43.4 Å². The Labute approximate surface area is 145 Å². The van der Waals surface area contributed by atoms with E-state index in [1.165, 1.54) is 37.0 Å². The highest BCUT2D eigenvalue weighted by atomic mass is 32.1. The maximum Gasteiger partial charge on any atom is 0.229 e. The maximum absolute atomic E-state index is 13.0. The number of fused-ring (bicyclic) bond motifs is 3. The molecule has 1 aromatic rings. The molecular formula is C17H24N4O2S. The van der Waals surface area contributed by atoms with E-state index in [1.807, 2.05) is 0 Å². The average molecular weight is 348 g/mol. The van der Waals surface area contributed by atoms with Gasteiger partial charge in [0.1, 0.15) is 5.01 Å². The van der Waals surface area contributed by atoms with Gasteiger partial charge in [0.2, 0.25) is 11.0 Å². The molecule has 1 amide bonds. The lowest BCUT2D eigenvalue weighted by Gasteiger charge is -2.54. The number of hydrogen-bond acceptors (Lipinski definition) is 6. The molecule has 6 rings (SSSR count). The number of aliphatic hydroxyl groups is 1. The molecule has 5 aliphatic rings. The summed E-state index contributed by atoms with van der Waals surface area (Å²) in [6.45, 7) is 1.74. The second-order valence-corrected chi connectivity index (χ2v) is 9.16. The van der Waals surface area contributed by atoms with Crippen molar-refractivity contribution in [1.82, 2.24) is 15.1 Å². The molecule has 4 unspecified atom stereocenters. The average Bonchev–Trinajstić information content (AvgIpc) is 3.21. The minimum Gasteiger partial charge on any atom is -0.389 e. The predicted octanol–water partition coefficient (Wildman–Crippen LogP) is 1.87. The summed E-state index contributed by atoms with van der Waals surface area (Å²) in [7, 11) is 0. The van der Waals surface area contributed by atoms with Crippen LogP contribution in [0.3, 0.4) is 0 Å². The van der Waals surface area contributed by atoms with Gasteiger partial charge in [-0.2, -0.15) is 0 Å². The van der Waals surface area contributed by atoms with E-state index in [0.29, 0.717) is 34.7 Å². The molecule has 4 atom stereocenters. The summed E-state index contributed by atoms with van der Waals surface area (Å²) >= 11 is 1.42. The van der Waals surface area contributed by atoms with E-state index in [9.17, 15) is 4.79 Å². The smallest absolute Gasteiger partial charge is 0.229 e. The van der Waals surface area contributed by atoms with Gasteiger partial charge in [0, 0.05) is 19.1 Å². The van der Waals surface area contributed by atoms with Crippen LogP contribution in [-0.4, -0.2) is 45.2 Å². The van der Waals surface area contributed by atoms with E-state index in [2.05, 4.69) is 20.4 Å². The molecule has 24 heavy (non-hydrogen) atoms. The van der Waals surface area contributed by atoms with Crippen molar-refractivity contribution in [2.45, 2.75) is 51.2 Å². The molecule has 1 aromatic heterocycles. The molecule has 3 aliphatic carbocycles. The highest BCUT2D eigenvalue weighted by Crippen LogP contribution is 2.62. The largest absolute Gasteiger partial charge is 0.389 e. The fourth-order valence-corrected chi connectivity index (χ4v) is 6.03. The SMILES string of the molecule is O=C(N1CC2CC(C1)C2Nc1nnc(CO)s1)C12CCCCC1C2. The van der Waals surface area contributed by atoms with Crippen LogP contribution in [0, 0.1) is 23.2 Å². The third-order valence-corrected chi connectivity index (χ3v) is 7.63. The summed E-state index contributed by atoms with van der Waals surface area (Å²) in [6, 6.07) is 0.410. The van der Waals surface area contributed by atoms with Crippen LogP contribution in [0.25, 0.3) is 0 Å². The first-order valence-corrected chi connectivity index (χ1v) is 10.0. The normalized spacial score (nSPS) is 39.8. The van der Waals surface area contributed by atoms with Gasteiger partial charge in [0.05, 0.1) is 12.0 Å². The van der Waals surface area contributed by atoms with Crippen LogP contribution < -0.4 is 5.32 Å². The van der Waals surface area contributed by atoms with E-state index in [0.717, 1.165) is 31.1 Å². The number of nitrogens with one attached hydrogen (secondary N) is 1. The molecule has 7 heteroatoms. The lowest BCUT2D eigenvalue weighted by Crippen LogP contribution is -2.63. The second kappa shape index (κ2) is 5.39. The summed E-state index contributed by atoms with van der Waals surface area (Å²) < 4.78 is 0. The molecule has 0 aromatic carbocycles. The van der Waals surface area contributed by atoms with Crippen molar-refractivity contribution in [3.8, 4) is 0 Å². The number of rotatable bonds is 4. The number of piperidine rings is 2. The molecule has 2 N–H and O–H groups in total. The Morgan fingerprint density at radius 1 is 1.33 bits per heavy atom. The zero-order chi connectivity index (χ0) is 16.3. The molecule has 130 valence electrons. The van der Waals surface area contributed by atoms with E-state index >= 15 is 0 Å². The molecule has 3 heterocycles. The Bertz CT molecular complexity index is 653. The Kier molecular flexibility index (Phi) is 3.39. The molecular weight excluding hydrogens is 324 g/mol. The predicted molar refractivity (Wildman–Crippen MR) is 90.4 cm³/mol. The van der Waals surface area contributed by atoms with Crippen LogP contribution in [0.15, 0.2) is 0 Å². The van der Waals surface area contributed by atoms with E-state index in [-0.39, 0.29) is 12.0 Å².